The number of hydrogen-bond acceptors (Lipinski definition) is 2. The number of phenolic OH excluding ortho intramolecular Hbond substituents is 1. The first-order valence-corrected chi connectivity index (χ1v) is 23.5. The number of benzene rings is 3. The quantitative estimate of drug-likeness (QED) is 0.189. The molecule has 0 bridgehead atoms. The fourth-order valence-electron chi connectivity index (χ4n) is 8.92. The van der Waals surface area contributed by atoms with Crippen molar-refractivity contribution in [2.75, 3.05) is 0 Å². The maximum atomic E-state index is 10.9. The first-order chi connectivity index (χ1) is 23.5. The van der Waals surface area contributed by atoms with E-state index < -0.39 is 20.8 Å². The number of rotatable bonds is 7. The van der Waals surface area contributed by atoms with Crippen molar-refractivity contribution in [3.05, 3.63) is 133 Å². The van der Waals surface area contributed by atoms with E-state index in [1.165, 1.54) is 25.7 Å². The molecule has 0 amide bonds. The Morgan fingerprint density at radius 3 is 2.04 bits per heavy atom. The molecule has 4 aliphatic carbocycles. The molecule has 3 aromatic rings. The van der Waals surface area contributed by atoms with Gasteiger partial charge in [-0.25, -0.2) is 0 Å². The van der Waals surface area contributed by atoms with Crippen LogP contribution in [-0.4, -0.2) is 11.3 Å². The van der Waals surface area contributed by atoms with E-state index in [1.54, 1.807) is 6.21 Å². The fourth-order valence-corrected chi connectivity index (χ4v) is 8.92. The Bertz CT molecular complexity index is 1710. The van der Waals surface area contributed by atoms with Gasteiger partial charge in [0, 0.05) is 29.3 Å². The molecule has 5 unspecified atom stereocenters. The Morgan fingerprint density at radius 2 is 1.42 bits per heavy atom. The molecule has 7 rings (SSSR count). The summed E-state index contributed by atoms with van der Waals surface area (Å²) >= 11 is -0.826. The van der Waals surface area contributed by atoms with Crippen LogP contribution in [0, 0.1) is 52.8 Å². The second-order valence-corrected chi connectivity index (χ2v) is 17.4. The molecule has 2 saturated carbocycles. The van der Waals surface area contributed by atoms with Crippen LogP contribution in [0.4, 0.5) is 5.69 Å². The van der Waals surface area contributed by atoms with E-state index >= 15 is 0 Å². The van der Waals surface area contributed by atoms with Gasteiger partial charge >= 0.3 is 37.9 Å². The van der Waals surface area contributed by atoms with Gasteiger partial charge in [-0.3, -0.25) is 4.99 Å². The minimum absolute atomic E-state index is 0.245. The standard InChI is InChI=1S/C43H43NO.2ClH.Zr/c1-43(34-18-5-6-19-34,41-39-22-9-7-20-37(39)38-21-8-10-23-40(38)41)29-12-11-14-31-25-27-35(28-26-31)44-30-33-17-13-24-36(42(33)45)32-15-3-2-4-16-32;;;/h2-4,7-10,13,15-17,20-28,30,34,37-41,45H,5-6,12,18-19,29H2,1H3;2*1H;/q;;;+2/p-2. The Labute approximate surface area is 305 Å². The van der Waals surface area contributed by atoms with E-state index in [2.05, 4.69) is 84.5 Å². The second kappa shape index (κ2) is 16.7. The summed E-state index contributed by atoms with van der Waals surface area (Å²) in [5.74, 6) is 11.2. The third-order valence-electron chi connectivity index (χ3n) is 11.2. The fraction of sp³-hybridized carbons (Fsp3) is 0.326. The molecule has 2 fully saturated rings. The van der Waals surface area contributed by atoms with Gasteiger partial charge in [0.15, 0.2) is 0 Å². The normalized spacial score (nSPS) is 25.0. The summed E-state index contributed by atoms with van der Waals surface area (Å²) in [6.07, 6.45) is 28.5. The molecular formula is C43H43Cl2NOZr. The van der Waals surface area contributed by atoms with Crippen LogP contribution in [0.25, 0.3) is 11.1 Å². The Morgan fingerprint density at radius 1 is 0.812 bits per heavy atom. The van der Waals surface area contributed by atoms with E-state index in [1.807, 2.05) is 60.7 Å². The molecule has 0 radical (unpaired) electrons. The zero-order valence-electron chi connectivity index (χ0n) is 27.5. The Hall–Kier alpha value is -2.89. The summed E-state index contributed by atoms with van der Waals surface area (Å²) in [5, 5.41) is 10.9. The van der Waals surface area contributed by atoms with Crippen molar-refractivity contribution in [1.29, 1.82) is 0 Å². The van der Waals surface area contributed by atoms with Gasteiger partial charge in [0.2, 0.25) is 0 Å². The van der Waals surface area contributed by atoms with E-state index in [0.717, 1.165) is 41.1 Å². The van der Waals surface area contributed by atoms with E-state index in [-0.39, 0.29) is 11.2 Å². The molecule has 0 spiro atoms. The van der Waals surface area contributed by atoms with Crippen LogP contribution in [0.3, 0.4) is 0 Å². The topological polar surface area (TPSA) is 32.6 Å². The molecule has 1 N–H and O–H groups in total. The predicted molar refractivity (Wildman–Crippen MR) is 199 cm³/mol. The molecule has 0 aromatic heterocycles. The molecule has 244 valence electrons. The molecule has 4 aliphatic rings. The Kier molecular flexibility index (Phi) is 12.1. The molecule has 3 aromatic carbocycles. The van der Waals surface area contributed by atoms with Crippen LogP contribution < -0.4 is 0 Å². The maximum absolute atomic E-state index is 10.9. The van der Waals surface area contributed by atoms with Gasteiger partial charge in [0.1, 0.15) is 5.75 Å². The monoisotopic (exact) mass is 749 g/mol. The number of phenols is 1. The zero-order chi connectivity index (χ0) is 33.3. The average molecular weight is 752 g/mol. The number of halogens is 2. The van der Waals surface area contributed by atoms with Crippen LogP contribution in [0.15, 0.2) is 126 Å². The van der Waals surface area contributed by atoms with Gasteiger partial charge in [-0.05, 0) is 96.1 Å². The molecule has 0 saturated heterocycles. The first-order valence-electron chi connectivity index (χ1n) is 17.2. The van der Waals surface area contributed by atoms with Gasteiger partial charge < -0.3 is 5.11 Å². The summed E-state index contributed by atoms with van der Waals surface area (Å²) in [6.45, 7) is 2.62. The van der Waals surface area contributed by atoms with Crippen molar-refractivity contribution in [2.24, 2.45) is 45.9 Å². The SMILES string of the molecule is CC(CCC#Cc1ccc(N=Cc2cccc(-c3ccccc3)c2O)cc1)(C1CCCC1)C1C2C=CC=CC2C2C=CC=CC21.[Cl][Zr][Cl]. The van der Waals surface area contributed by atoms with Crippen LogP contribution in [0.5, 0.6) is 5.75 Å². The van der Waals surface area contributed by atoms with Gasteiger partial charge in [0.05, 0.1) is 5.69 Å². The minimum atomic E-state index is -0.826. The third-order valence-corrected chi connectivity index (χ3v) is 11.2. The van der Waals surface area contributed by atoms with Gasteiger partial charge in [-0.15, -0.1) is 0 Å². The Balaban J connectivity index is 0.00000129. The van der Waals surface area contributed by atoms with E-state index in [0.29, 0.717) is 35.2 Å². The number of aliphatic imine (C=N–C) groups is 1. The van der Waals surface area contributed by atoms with Crippen molar-refractivity contribution in [2.45, 2.75) is 45.4 Å². The van der Waals surface area contributed by atoms with Crippen LogP contribution in [0.1, 0.15) is 56.6 Å². The summed E-state index contributed by atoms with van der Waals surface area (Å²) in [4.78, 5) is 4.64. The summed E-state index contributed by atoms with van der Waals surface area (Å²) in [7, 11) is 9.87. The molecular weight excluding hydrogens is 709 g/mol. The summed E-state index contributed by atoms with van der Waals surface area (Å²) < 4.78 is 0. The van der Waals surface area contributed by atoms with Crippen molar-refractivity contribution in [3.63, 3.8) is 0 Å². The first kappa shape index (κ1) is 35.0. The van der Waals surface area contributed by atoms with Crippen molar-refractivity contribution >= 4 is 28.9 Å². The van der Waals surface area contributed by atoms with Crippen LogP contribution in [-0.2, 0) is 20.8 Å². The second-order valence-electron chi connectivity index (χ2n) is 13.6. The van der Waals surface area contributed by atoms with E-state index in [4.69, 9.17) is 17.0 Å². The number of hydrogen-bond donors (Lipinski definition) is 1. The van der Waals surface area contributed by atoms with Crippen molar-refractivity contribution in [1.82, 2.24) is 0 Å². The molecule has 5 heteroatoms. The van der Waals surface area contributed by atoms with Gasteiger partial charge in [0.25, 0.3) is 0 Å². The zero-order valence-corrected chi connectivity index (χ0v) is 31.5. The average Bonchev–Trinajstić information content (AvgIpc) is 3.79. The van der Waals surface area contributed by atoms with Crippen LogP contribution in [0.2, 0.25) is 0 Å². The number of fused-ring (bicyclic) bond motifs is 3. The summed E-state index contributed by atoms with van der Waals surface area (Å²) in [5.41, 5.74) is 4.63. The number of aromatic hydroxyl groups is 1. The molecule has 5 atom stereocenters. The third kappa shape index (κ3) is 7.78. The van der Waals surface area contributed by atoms with Crippen LogP contribution >= 0.6 is 17.0 Å². The van der Waals surface area contributed by atoms with E-state index in [9.17, 15) is 5.11 Å². The van der Waals surface area contributed by atoms with Gasteiger partial charge in [-0.2, -0.15) is 0 Å². The molecule has 48 heavy (non-hydrogen) atoms. The molecule has 0 heterocycles. The van der Waals surface area contributed by atoms with Gasteiger partial charge in [-0.1, -0.05) is 123 Å². The predicted octanol–water partition coefficient (Wildman–Crippen LogP) is 11.9. The van der Waals surface area contributed by atoms with Crippen molar-refractivity contribution < 1.29 is 26.0 Å². The molecule has 0 aliphatic heterocycles. The molecule has 2 nitrogen and oxygen atoms in total. The van der Waals surface area contributed by atoms with Crippen molar-refractivity contribution in [3.8, 4) is 28.7 Å². The summed E-state index contributed by atoms with van der Waals surface area (Å²) in [6, 6.07) is 23.8. The number of nitrogens with zero attached hydrogens (tertiary/aromatic N) is 1. The number of allylic oxidation sites excluding steroid dienone is 8. The number of para-hydroxylation sites is 1.